The van der Waals surface area contributed by atoms with Gasteiger partial charge in [0.15, 0.2) is 0 Å². The fourth-order valence-electron chi connectivity index (χ4n) is 2.24. The van der Waals surface area contributed by atoms with E-state index in [0.717, 1.165) is 50.8 Å². The quantitative estimate of drug-likeness (QED) is 0.766. The minimum atomic E-state index is -0.310. The molecule has 1 saturated heterocycles. The molecule has 1 aliphatic rings. The van der Waals surface area contributed by atoms with Crippen molar-refractivity contribution in [3.05, 3.63) is 0 Å². The Kier molecular flexibility index (Phi) is 7.80. The molecular weight excluding hydrogens is 258 g/mol. The van der Waals surface area contributed by atoms with Gasteiger partial charge in [-0.1, -0.05) is 13.8 Å². The molecule has 1 amide bonds. The van der Waals surface area contributed by atoms with Gasteiger partial charge in [0, 0.05) is 26.2 Å². The van der Waals surface area contributed by atoms with Crippen molar-refractivity contribution >= 4 is 17.7 Å². The number of amides is 1. The zero-order chi connectivity index (χ0) is 14.3. The van der Waals surface area contributed by atoms with Gasteiger partial charge in [-0.15, -0.1) is 0 Å². The SMILES string of the molecule is CSCC[C@@H](N)C(=O)N1CCN(CCC(C)C)CC1. The molecule has 0 aromatic rings. The fraction of sp³-hybridized carbons (Fsp3) is 0.929. The number of carbonyl (C=O) groups is 1. The molecule has 0 unspecified atom stereocenters. The Labute approximate surface area is 122 Å². The van der Waals surface area contributed by atoms with E-state index in [2.05, 4.69) is 18.7 Å². The molecule has 1 aliphatic heterocycles. The van der Waals surface area contributed by atoms with Gasteiger partial charge in [0.25, 0.3) is 0 Å². The first-order chi connectivity index (χ1) is 9.04. The van der Waals surface area contributed by atoms with Crippen LogP contribution in [0.2, 0.25) is 0 Å². The largest absolute Gasteiger partial charge is 0.339 e. The first-order valence-corrected chi connectivity index (χ1v) is 8.69. The molecule has 112 valence electrons. The highest BCUT2D eigenvalue weighted by molar-refractivity contribution is 7.98. The van der Waals surface area contributed by atoms with Crippen LogP contribution in [0.1, 0.15) is 26.7 Å². The zero-order valence-corrected chi connectivity index (χ0v) is 13.4. The summed E-state index contributed by atoms with van der Waals surface area (Å²) in [6, 6.07) is -0.310. The average Bonchev–Trinajstić information content (AvgIpc) is 2.42. The monoisotopic (exact) mass is 287 g/mol. The number of carbonyl (C=O) groups excluding carboxylic acids is 1. The van der Waals surface area contributed by atoms with E-state index in [1.807, 2.05) is 11.2 Å². The van der Waals surface area contributed by atoms with Crippen LogP contribution in [-0.2, 0) is 4.79 Å². The third-order valence-electron chi connectivity index (χ3n) is 3.66. The molecule has 0 aromatic carbocycles. The number of piperazine rings is 1. The van der Waals surface area contributed by atoms with Crippen LogP contribution in [-0.4, -0.2) is 66.5 Å². The van der Waals surface area contributed by atoms with Crippen molar-refractivity contribution in [2.45, 2.75) is 32.7 Å². The van der Waals surface area contributed by atoms with E-state index in [-0.39, 0.29) is 11.9 Å². The third kappa shape index (κ3) is 6.15. The Morgan fingerprint density at radius 2 is 1.84 bits per heavy atom. The van der Waals surface area contributed by atoms with Crippen molar-refractivity contribution in [2.24, 2.45) is 11.7 Å². The molecule has 19 heavy (non-hydrogen) atoms. The fourth-order valence-corrected chi connectivity index (χ4v) is 2.73. The first kappa shape index (κ1) is 16.8. The van der Waals surface area contributed by atoms with E-state index in [4.69, 9.17) is 5.73 Å². The second-order valence-electron chi connectivity index (χ2n) is 5.74. The van der Waals surface area contributed by atoms with Crippen molar-refractivity contribution in [2.75, 3.05) is 44.7 Å². The van der Waals surface area contributed by atoms with Gasteiger partial charge in [0.2, 0.25) is 5.91 Å². The van der Waals surface area contributed by atoms with Crippen LogP contribution in [0, 0.1) is 5.92 Å². The zero-order valence-electron chi connectivity index (χ0n) is 12.6. The lowest BCUT2D eigenvalue weighted by Crippen LogP contribution is -2.53. The van der Waals surface area contributed by atoms with Crippen molar-refractivity contribution in [1.82, 2.24) is 9.80 Å². The third-order valence-corrected chi connectivity index (χ3v) is 4.30. The number of nitrogens with two attached hydrogens (primary N) is 1. The van der Waals surface area contributed by atoms with Crippen molar-refractivity contribution in [3.63, 3.8) is 0 Å². The average molecular weight is 287 g/mol. The maximum Gasteiger partial charge on any atom is 0.239 e. The summed E-state index contributed by atoms with van der Waals surface area (Å²) >= 11 is 1.74. The van der Waals surface area contributed by atoms with E-state index in [9.17, 15) is 4.79 Å². The van der Waals surface area contributed by atoms with Crippen LogP contribution in [0.25, 0.3) is 0 Å². The highest BCUT2D eigenvalue weighted by atomic mass is 32.2. The lowest BCUT2D eigenvalue weighted by Gasteiger charge is -2.36. The van der Waals surface area contributed by atoms with Gasteiger partial charge >= 0.3 is 0 Å². The predicted molar refractivity (Wildman–Crippen MR) is 83.4 cm³/mol. The second kappa shape index (κ2) is 8.82. The predicted octanol–water partition coefficient (Wildman–Crippen LogP) is 1.26. The molecule has 0 aliphatic carbocycles. The van der Waals surface area contributed by atoms with Crippen LogP contribution >= 0.6 is 11.8 Å². The minimum Gasteiger partial charge on any atom is -0.339 e. The van der Waals surface area contributed by atoms with Crippen LogP contribution in [0.3, 0.4) is 0 Å². The number of hydrogen-bond donors (Lipinski definition) is 1. The molecule has 4 nitrogen and oxygen atoms in total. The summed E-state index contributed by atoms with van der Waals surface area (Å²) in [6.07, 6.45) is 4.07. The van der Waals surface area contributed by atoms with Crippen molar-refractivity contribution in [1.29, 1.82) is 0 Å². The van der Waals surface area contributed by atoms with E-state index in [1.165, 1.54) is 6.42 Å². The van der Waals surface area contributed by atoms with E-state index in [1.54, 1.807) is 11.8 Å². The van der Waals surface area contributed by atoms with Crippen molar-refractivity contribution < 1.29 is 4.79 Å². The van der Waals surface area contributed by atoms with Gasteiger partial charge in [-0.05, 0) is 37.3 Å². The van der Waals surface area contributed by atoms with Gasteiger partial charge in [0.05, 0.1) is 6.04 Å². The van der Waals surface area contributed by atoms with Gasteiger partial charge in [-0.3, -0.25) is 9.69 Å². The molecule has 0 spiro atoms. The maximum atomic E-state index is 12.1. The highest BCUT2D eigenvalue weighted by Crippen LogP contribution is 2.09. The topological polar surface area (TPSA) is 49.6 Å². The Morgan fingerprint density at radius 1 is 1.21 bits per heavy atom. The molecule has 5 heteroatoms. The molecule has 0 bridgehead atoms. The summed E-state index contributed by atoms with van der Waals surface area (Å²) in [5.74, 6) is 1.85. The first-order valence-electron chi connectivity index (χ1n) is 7.30. The minimum absolute atomic E-state index is 0.137. The Morgan fingerprint density at radius 3 is 2.37 bits per heavy atom. The normalized spacial score (nSPS) is 18.9. The molecule has 1 rings (SSSR count). The molecule has 0 saturated carbocycles. The number of hydrogen-bond acceptors (Lipinski definition) is 4. The standard InChI is InChI=1S/C14H29N3OS/c1-12(2)4-6-16-7-9-17(10-8-16)14(18)13(15)5-11-19-3/h12-13H,4-11,15H2,1-3H3/t13-/m1/s1. The molecule has 2 N–H and O–H groups in total. The van der Waals surface area contributed by atoms with E-state index < -0.39 is 0 Å². The van der Waals surface area contributed by atoms with Gasteiger partial charge < -0.3 is 10.6 Å². The maximum absolute atomic E-state index is 12.1. The summed E-state index contributed by atoms with van der Waals surface area (Å²) in [4.78, 5) is 16.5. The van der Waals surface area contributed by atoms with Gasteiger partial charge in [-0.25, -0.2) is 0 Å². The van der Waals surface area contributed by atoms with Crippen LogP contribution in [0.15, 0.2) is 0 Å². The number of rotatable bonds is 7. The Hall–Kier alpha value is -0.260. The summed E-state index contributed by atoms with van der Waals surface area (Å²) < 4.78 is 0. The lowest BCUT2D eigenvalue weighted by molar-refractivity contribution is -0.134. The van der Waals surface area contributed by atoms with E-state index in [0.29, 0.717) is 0 Å². The summed E-state index contributed by atoms with van der Waals surface area (Å²) in [5, 5.41) is 0. The van der Waals surface area contributed by atoms with Crippen LogP contribution in [0.4, 0.5) is 0 Å². The summed E-state index contributed by atoms with van der Waals surface area (Å²) in [5.41, 5.74) is 5.95. The Balaban J connectivity index is 2.26. The smallest absolute Gasteiger partial charge is 0.239 e. The van der Waals surface area contributed by atoms with Gasteiger partial charge in [-0.2, -0.15) is 11.8 Å². The highest BCUT2D eigenvalue weighted by Gasteiger charge is 2.24. The molecule has 1 fully saturated rings. The summed E-state index contributed by atoms with van der Waals surface area (Å²) in [7, 11) is 0. The van der Waals surface area contributed by atoms with Gasteiger partial charge in [0.1, 0.15) is 0 Å². The van der Waals surface area contributed by atoms with Crippen LogP contribution in [0.5, 0.6) is 0 Å². The molecule has 1 atom stereocenters. The van der Waals surface area contributed by atoms with Crippen LogP contribution < -0.4 is 5.73 Å². The second-order valence-corrected chi connectivity index (χ2v) is 6.72. The number of thioether (sulfide) groups is 1. The lowest BCUT2D eigenvalue weighted by atomic mass is 10.1. The summed E-state index contributed by atoms with van der Waals surface area (Å²) in [6.45, 7) is 9.32. The van der Waals surface area contributed by atoms with Crippen molar-refractivity contribution in [3.8, 4) is 0 Å². The molecule has 1 heterocycles. The number of nitrogens with zero attached hydrogens (tertiary/aromatic N) is 2. The molecule has 0 aromatic heterocycles. The Bertz CT molecular complexity index is 265. The molecular formula is C14H29N3OS. The molecule has 0 radical (unpaired) electrons. The van der Waals surface area contributed by atoms with E-state index >= 15 is 0 Å².